The van der Waals surface area contributed by atoms with E-state index in [4.69, 9.17) is 24.7 Å². The summed E-state index contributed by atoms with van der Waals surface area (Å²) in [5, 5.41) is 0. The Morgan fingerprint density at radius 2 is 1.79 bits per heavy atom. The molecule has 0 atom stereocenters. The summed E-state index contributed by atoms with van der Waals surface area (Å²) in [5.41, 5.74) is 5.58. The SMILES string of the molecule is CC(C)(C)OC(=O)N1CCN(C(N)=NCCOc2ccc3c(c2)OCO3)CC1.I. The van der Waals surface area contributed by atoms with E-state index in [9.17, 15) is 4.79 Å². The zero-order chi connectivity index (χ0) is 20.1. The van der Waals surface area contributed by atoms with Crippen LogP contribution in [0.15, 0.2) is 23.2 Å². The molecule has 10 heteroatoms. The molecule has 0 bridgehead atoms. The number of hydrogen-bond donors (Lipinski definition) is 1. The summed E-state index contributed by atoms with van der Waals surface area (Å²) in [5.74, 6) is 2.56. The minimum Gasteiger partial charge on any atom is -0.492 e. The van der Waals surface area contributed by atoms with Crippen molar-refractivity contribution in [3.8, 4) is 17.2 Å². The number of carbonyl (C=O) groups is 1. The first-order valence-electron chi connectivity index (χ1n) is 9.37. The topological polar surface area (TPSA) is 98.9 Å². The van der Waals surface area contributed by atoms with Crippen LogP contribution in [-0.2, 0) is 4.74 Å². The van der Waals surface area contributed by atoms with Crippen LogP contribution in [0.4, 0.5) is 4.79 Å². The van der Waals surface area contributed by atoms with Gasteiger partial charge in [0.1, 0.15) is 18.0 Å². The van der Waals surface area contributed by atoms with Gasteiger partial charge in [-0.3, -0.25) is 0 Å². The molecule has 9 nitrogen and oxygen atoms in total. The number of guanidine groups is 1. The van der Waals surface area contributed by atoms with Crippen LogP contribution < -0.4 is 19.9 Å². The summed E-state index contributed by atoms with van der Waals surface area (Å²) in [7, 11) is 0. The number of ether oxygens (including phenoxy) is 4. The van der Waals surface area contributed by atoms with Crippen LogP contribution in [0.3, 0.4) is 0 Å². The van der Waals surface area contributed by atoms with E-state index in [0.29, 0.717) is 56.8 Å². The van der Waals surface area contributed by atoms with Crippen molar-refractivity contribution >= 4 is 36.0 Å². The maximum atomic E-state index is 12.1. The monoisotopic (exact) mass is 520 g/mol. The van der Waals surface area contributed by atoms with Crippen molar-refractivity contribution in [3.05, 3.63) is 18.2 Å². The number of aliphatic imine (C=N–C) groups is 1. The van der Waals surface area contributed by atoms with Gasteiger partial charge in [0.15, 0.2) is 17.5 Å². The van der Waals surface area contributed by atoms with E-state index < -0.39 is 5.60 Å². The number of piperazine rings is 1. The van der Waals surface area contributed by atoms with Gasteiger partial charge in [0, 0.05) is 32.2 Å². The maximum absolute atomic E-state index is 12.1. The standard InChI is InChI=1S/C19H28N4O5.HI/c1-19(2,3)28-18(24)23-9-7-22(8-10-23)17(20)21-6-11-25-14-4-5-15-16(12-14)27-13-26-15;/h4-5,12H,6-11,13H2,1-3H3,(H2,20,21);1H. The van der Waals surface area contributed by atoms with Gasteiger partial charge in [-0.1, -0.05) is 0 Å². The Hall–Kier alpha value is -2.11. The van der Waals surface area contributed by atoms with Gasteiger partial charge in [0.05, 0.1) is 6.54 Å². The second kappa shape index (κ2) is 10.1. The summed E-state index contributed by atoms with van der Waals surface area (Å²) in [4.78, 5) is 20.1. The summed E-state index contributed by atoms with van der Waals surface area (Å²) in [6.07, 6.45) is -0.292. The Balaban J connectivity index is 0.00000300. The molecule has 1 aromatic rings. The number of benzene rings is 1. The molecular formula is C19H29IN4O5. The third-order valence-corrected chi connectivity index (χ3v) is 4.23. The lowest BCUT2D eigenvalue weighted by Crippen LogP contribution is -2.53. The fraction of sp³-hybridized carbons (Fsp3) is 0.579. The highest BCUT2D eigenvalue weighted by molar-refractivity contribution is 14.0. The van der Waals surface area contributed by atoms with Crippen molar-refractivity contribution in [1.29, 1.82) is 0 Å². The van der Waals surface area contributed by atoms with Gasteiger partial charge >= 0.3 is 6.09 Å². The Kier molecular flexibility index (Phi) is 8.05. The normalized spacial score (nSPS) is 16.3. The van der Waals surface area contributed by atoms with Gasteiger partial charge in [0.25, 0.3) is 0 Å². The molecular weight excluding hydrogens is 491 g/mol. The molecule has 162 valence electrons. The van der Waals surface area contributed by atoms with Crippen molar-refractivity contribution in [2.24, 2.45) is 10.7 Å². The van der Waals surface area contributed by atoms with E-state index in [1.165, 1.54) is 0 Å². The molecule has 0 aliphatic carbocycles. The van der Waals surface area contributed by atoms with Crippen LogP contribution in [0.1, 0.15) is 20.8 Å². The second-order valence-electron chi connectivity index (χ2n) is 7.56. The quantitative estimate of drug-likeness (QED) is 0.282. The molecule has 0 saturated carbocycles. The Labute approximate surface area is 188 Å². The van der Waals surface area contributed by atoms with E-state index in [0.717, 1.165) is 5.75 Å². The number of carbonyl (C=O) groups excluding carboxylic acids is 1. The highest BCUT2D eigenvalue weighted by atomic mass is 127. The molecule has 0 spiro atoms. The molecule has 1 saturated heterocycles. The third kappa shape index (κ3) is 6.72. The summed E-state index contributed by atoms with van der Waals surface area (Å²) < 4.78 is 21.7. The van der Waals surface area contributed by atoms with Crippen molar-refractivity contribution in [1.82, 2.24) is 9.80 Å². The number of nitrogens with two attached hydrogens (primary N) is 1. The number of rotatable bonds is 4. The fourth-order valence-corrected chi connectivity index (χ4v) is 2.83. The van der Waals surface area contributed by atoms with Gasteiger partial charge in [-0.2, -0.15) is 0 Å². The van der Waals surface area contributed by atoms with Gasteiger partial charge in [-0.15, -0.1) is 24.0 Å². The molecule has 2 heterocycles. The number of amides is 1. The Morgan fingerprint density at radius 1 is 1.14 bits per heavy atom. The number of hydrogen-bond acceptors (Lipinski definition) is 6. The molecule has 0 aromatic heterocycles. The highest BCUT2D eigenvalue weighted by Crippen LogP contribution is 2.34. The lowest BCUT2D eigenvalue weighted by molar-refractivity contribution is 0.0186. The molecule has 1 aromatic carbocycles. The van der Waals surface area contributed by atoms with Gasteiger partial charge < -0.3 is 34.5 Å². The second-order valence-corrected chi connectivity index (χ2v) is 7.56. The van der Waals surface area contributed by atoms with Gasteiger partial charge in [0.2, 0.25) is 6.79 Å². The zero-order valence-electron chi connectivity index (χ0n) is 17.1. The van der Waals surface area contributed by atoms with Crippen LogP contribution in [0.5, 0.6) is 17.2 Å². The predicted octanol–water partition coefficient (Wildman–Crippen LogP) is 2.28. The van der Waals surface area contributed by atoms with Crippen LogP contribution in [0, 0.1) is 0 Å². The Bertz CT molecular complexity index is 730. The van der Waals surface area contributed by atoms with Gasteiger partial charge in [-0.05, 0) is 32.9 Å². The molecule has 1 amide bonds. The number of nitrogens with zero attached hydrogens (tertiary/aromatic N) is 3. The van der Waals surface area contributed by atoms with Crippen LogP contribution in [-0.4, -0.2) is 73.6 Å². The summed E-state index contributed by atoms with van der Waals surface area (Å²) in [6, 6.07) is 5.45. The highest BCUT2D eigenvalue weighted by Gasteiger charge is 2.26. The first-order chi connectivity index (χ1) is 13.3. The number of halogens is 1. The summed E-state index contributed by atoms with van der Waals surface area (Å²) in [6.45, 7) is 9.00. The first kappa shape index (κ1) is 23.2. The molecule has 1 fully saturated rings. The maximum Gasteiger partial charge on any atom is 0.410 e. The van der Waals surface area contributed by atoms with Crippen molar-refractivity contribution < 1.29 is 23.7 Å². The summed E-state index contributed by atoms with van der Waals surface area (Å²) >= 11 is 0. The molecule has 0 radical (unpaired) electrons. The predicted molar refractivity (Wildman–Crippen MR) is 119 cm³/mol. The fourth-order valence-electron chi connectivity index (χ4n) is 2.83. The van der Waals surface area contributed by atoms with Crippen molar-refractivity contribution in [3.63, 3.8) is 0 Å². The molecule has 2 aliphatic rings. The first-order valence-corrected chi connectivity index (χ1v) is 9.37. The molecule has 3 rings (SSSR count). The Morgan fingerprint density at radius 3 is 2.48 bits per heavy atom. The average Bonchev–Trinajstić information content (AvgIpc) is 3.11. The van der Waals surface area contributed by atoms with E-state index in [-0.39, 0.29) is 36.9 Å². The molecule has 29 heavy (non-hydrogen) atoms. The van der Waals surface area contributed by atoms with E-state index in [1.807, 2.05) is 37.8 Å². The van der Waals surface area contributed by atoms with Crippen molar-refractivity contribution in [2.75, 3.05) is 46.1 Å². The van der Waals surface area contributed by atoms with Crippen molar-refractivity contribution in [2.45, 2.75) is 26.4 Å². The zero-order valence-corrected chi connectivity index (χ0v) is 19.4. The molecule has 0 unspecified atom stereocenters. The van der Waals surface area contributed by atoms with E-state index >= 15 is 0 Å². The lowest BCUT2D eigenvalue weighted by atomic mass is 10.2. The van der Waals surface area contributed by atoms with E-state index in [2.05, 4.69) is 4.99 Å². The minimum atomic E-state index is -0.493. The molecule has 2 N–H and O–H groups in total. The van der Waals surface area contributed by atoms with Crippen LogP contribution >= 0.6 is 24.0 Å². The van der Waals surface area contributed by atoms with Crippen LogP contribution in [0.2, 0.25) is 0 Å². The van der Waals surface area contributed by atoms with Crippen LogP contribution in [0.25, 0.3) is 0 Å². The largest absolute Gasteiger partial charge is 0.492 e. The number of fused-ring (bicyclic) bond motifs is 1. The van der Waals surface area contributed by atoms with E-state index in [1.54, 1.807) is 11.0 Å². The molecule has 2 aliphatic heterocycles. The minimum absolute atomic E-state index is 0. The lowest BCUT2D eigenvalue weighted by Gasteiger charge is -2.36. The van der Waals surface area contributed by atoms with Gasteiger partial charge in [-0.25, -0.2) is 9.79 Å². The third-order valence-electron chi connectivity index (χ3n) is 4.23. The smallest absolute Gasteiger partial charge is 0.410 e. The average molecular weight is 520 g/mol.